The number of ether oxygens (including phenoxy) is 1. The fraction of sp³-hybridized carbons (Fsp3) is 0.789. The minimum absolute atomic E-state index is 0.388. The van der Waals surface area contributed by atoms with E-state index in [1.54, 1.807) is 7.11 Å². The molecule has 3 rings (SSSR count). The monoisotopic (exact) mass is 333 g/mol. The van der Waals surface area contributed by atoms with Gasteiger partial charge in [-0.2, -0.15) is 0 Å². The lowest BCUT2D eigenvalue weighted by Gasteiger charge is -2.33. The first-order valence-electron chi connectivity index (χ1n) is 9.45. The van der Waals surface area contributed by atoms with Crippen molar-refractivity contribution in [2.75, 3.05) is 20.2 Å². The molecule has 0 atom stereocenters. The Morgan fingerprint density at radius 1 is 1.21 bits per heavy atom. The Labute approximate surface area is 145 Å². The van der Waals surface area contributed by atoms with Crippen LogP contribution in [-0.4, -0.2) is 40.6 Å². The van der Waals surface area contributed by atoms with Crippen LogP contribution in [0, 0.1) is 18.8 Å². The number of hydrogen-bond acceptors (Lipinski definition) is 3. The fourth-order valence-corrected chi connectivity index (χ4v) is 4.22. The van der Waals surface area contributed by atoms with Crippen LogP contribution >= 0.6 is 0 Å². The molecular formula is C19H31N3O2. The van der Waals surface area contributed by atoms with Gasteiger partial charge in [-0.3, -0.25) is 4.79 Å². The zero-order valence-corrected chi connectivity index (χ0v) is 15.2. The van der Waals surface area contributed by atoms with Crippen LogP contribution in [0.15, 0.2) is 6.20 Å². The van der Waals surface area contributed by atoms with Crippen molar-refractivity contribution in [2.45, 2.75) is 65.0 Å². The van der Waals surface area contributed by atoms with Crippen LogP contribution in [0.3, 0.4) is 0 Å². The summed E-state index contributed by atoms with van der Waals surface area (Å²) >= 11 is 0. The predicted octanol–water partition coefficient (Wildman–Crippen LogP) is 3.16. The van der Waals surface area contributed by atoms with E-state index in [9.17, 15) is 4.79 Å². The first-order chi connectivity index (χ1) is 11.7. The number of carbonyl (C=O) groups excluding carboxylic acids is 1. The van der Waals surface area contributed by atoms with Gasteiger partial charge in [-0.1, -0.05) is 12.8 Å². The van der Waals surface area contributed by atoms with Gasteiger partial charge in [-0.25, -0.2) is 4.98 Å². The third-order valence-electron chi connectivity index (χ3n) is 5.76. The second-order valence-electron chi connectivity index (χ2n) is 7.54. The van der Waals surface area contributed by atoms with Gasteiger partial charge in [0.25, 0.3) is 0 Å². The van der Waals surface area contributed by atoms with E-state index < -0.39 is 0 Å². The minimum Gasteiger partial charge on any atom is -0.377 e. The summed E-state index contributed by atoms with van der Waals surface area (Å²) in [7, 11) is 1.71. The molecule has 0 aromatic carbocycles. The minimum atomic E-state index is 0.388. The number of piperidine rings is 1. The summed E-state index contributed by atoms with van der Waals surface area (Å²) < 4.78 is 7.53. The van der Waals surface area contributed by atoms with Crippen molar-refractivity contribution >= 4 is 5.91 Å². The number of carbonyl (C=O) groups is 1. The third-order valence-corrected chi connectivity index (χ3v) is 5.76. The number of methoxy groups -OCH3 is 1. The molecule has 1 aliphatic carbocycles. The van der Waals surface area contributed by atoms with Gasteiger partial charge in [-0.15, -0.1) is 0 Å². The zero-order chi connectivity index (χ0) is 16.9. The number of hydrogen-bond donors (Lipinski definition) is 0. The molecule has 1 saturated carbocycles. The van der Waals surface area contributed by atoms with E-state index in [2.05, 4.69) is 21.4 Å². The smallest absolute Gasteiger partial charge is 0.222 e. The van der Waals surface area contributed by atoms with Crippen molar-refractivity contribution in [3.8, 4) is 0 Å². The SMILES string of the molecule is COCc1ncc(C)n1CC1CCN(C(=O)CC2CCCC2)CC1. The second kappa shape index (κ2) is 8.15. The van der Waals surface area contributed by atoms with Crippen LogP contribution in [-0.2, 0) is 22.7 Å². The molecule has 1 aromatic rings. The maximum absolute atomic E-state index is 12.5. The topological polar surface area (TPSA) is 47.4 Å². The molecule has 0 spiro atoms. The number of amides is 1. The zero-order valence-electron chi connectivity index (χ0n) is 15.2. The molecule has 1 saturated heterocycles. The van der Waals surface area contributed by atoms with Gasteiger partial charge in [0, 0.05) is 45.1 Å². The van der Waals surface area contributed by atoms with Crippen molar-refractivity contribution < 1.29 is 9.53 Å². The highest BCUT2D eigenvalue weighted by Gasteiger charge is 2.26. The largest absolute Gasteiger partial charge is 0.377 e. The highest BCUT2D eigenvalue weighted by molar-refractivity contribution is 5.76. The molecule has 0 unspecified atom stereocenters. The van der Waals surface area contributed by atoms with E-state index in [1.165, 1.54) is 31.4 Å². The van der Waals surface area contributed by atoms with Crippen molar-refractivity contribution in [3.63, 3.8) is 0 Å². The Morgan fingerprint density at radius 3 is 2.58 bits per heavy atom. The van der Waals surface area contributed by atoms with Gasteiger partial charge in [-0.05, 0) is 44.4 Å². The quantitative estimate of drug-likeness (QED) is 0.803. The van der Waals surface area contributed by atoms with E-state index in [0.29, 0.717) is 24.3 Å². The Bertz CT molecular complexity index is 541. The third kappa shape index (κ3) is 4.18. The molecule has 2 aliphatic rings. The number of aromatic nitrogens is 2. The van der Waals surface area contributed by atoms with E-state index in [0.717, 1.165) is 44.7 Å². The standard InChI is InChI=1S/C19H31N3O2/c1-15-12-20-18(14-24-2)22(15)13-17-7-9-21(10-8-17)19(23)11-16-5-3-4-6-16/h12,16-17H,3-11,13-14H2,1-2H3. The Balaban J connectivity index is 1.48. The average molecular weight is 333 g/mol. The van der Waals surface area contributed by atoms with Crippen molar-refractivity contribution in [1.82, 2.24) is 14.5 Å². The van der Waals surface area contributed by atoms with Gasteiger partial charge < -0.3 is 14.2 Å². The summed E-state index contributed by atoms with van der Waals surface area (Å²) in [5, 5.41) is 0. The highest BCUT2D eigenvalue weighted by atomic mass is 16.5. The van der Waals surface area contributed by atoms with Crippen LogP contribution in [0.25, 0.3) is 0 Å². The normalized spacial score (nSPS) is 20.0. The molecular weight excluding hydrogens is 302 g/mol. The summed E-state index contributed by atoms with van der Waals surface area (Å²) in [6.07, 6.45) is 10.0. The number of imidazole rings is 1. The molecule has 0 bridgehead atoms. The second-order valence-corrected chi connectivity index (χ2v) is 7.54. The highest BCUT2D eigenvalue weighted by Crippen LogP contribution is 2.29. The van der Waals surface area contributed by atoms with Crippen LogP contribution in [0.5, 0.6) is 0 Å². The van der Waals surface area contributed by atoms with E-state index in [4.69, 9.17) is 4.74 Å². The lowest BCUT2D eigenvalue weighted by Crippen LogP contribution is -2.40. The van der Waals surface area contributed by atoms with E-state index in [1.807, 2.05) is 6.20 Å². The molecule has 134 valence electrons. The summed E-state index contributed by atoms with van der Waals surface area (Å²) in [5.41, 5.74) is 1.20. The first kappa shape index (κ1) is 17.5. The number of aryl methyl sites for hydroxylation is 1. The van der Waals surface area contributed by atoms with Gasteiger partial charge in [0.15, 0.2) is 0 Å². The number of likely N-dealkylation sites (tertiary alicyclic amines) is 1. The summed E-state index contributed by atoms with van der Waals surface area (Å²) in [5.74, 6) is 2.68. The van der Waals surface area contributed by atoms with Gasteiger partial charge >= 0.3 is 0 Å². The Hall–Kier alpha value is -1.36. The maximum Gasteiger partial charge on any atom is 0.222 e. The lowest BCUT2D eigenvalue weighted by molar-refractivity contribution is -0.133. The molecule has 1 aromatic heterocycles. The first-order valence-corrected chi connectivity index (χ1v) is 9.45. The maximum atomic E-state index is 12.5. The van der Waals surface area contributed by atoms with Gasteiger partial charge in [0.1, 0.15) is 12.4 Å². The molecule has 0 N–H and O–H groups in total. The van der Waals surface area contributed by atoms with Crippen LogP contribution < -0.4 is 0 Å². The average Bonchev–Trinajstić information content (AvgIpc) is 3.21. The van der Waals surface area contributed by atoms with Gasteiger partial charge in [0.05, 0.1) is 0 Å². The Morgan fingerprint density at radius 2 is 1.92 bits per heavy atom. The molecule has 5 nitrogen and oxygen atoms in total. The van der Waals surface area contributed by atoms with Crippen LogP contribution in [0.4, 0.5) is 0 Å². The number of rotatable bonds is 6. The lowest BCUT2D eigenvalue weighted by atomic mass is 9.95. The molecule has 1 amide bonds. The summed E-state index contributed by atoms with van der Waals surface area (Å²) in [6, 6.07) is 0. The Kier molecular flexibility index (Phi) is 5.93. The molecule has 2 heterocycles. The molecule has 5 heteroatoms. The molecule has 1 aliphatic heterocycles. The van der Waals surface area contributed by atoms with Crippen molar-refractivity contribution in [2.24, 2.45) is 11.8 Å². The van der Waals surface area contributed by atoms with Crippen LogP contribution in [0.2, 0.25) is 0 Å². The van der Waals surface area contributed by atoms with E-state index in [-0.39, 0.29) is 0 Å². The van der Waals surface area contributed by atoms with Gasteiger partial charge in [0.2, 0.25) is 5.91 Å². The molecule has 0 radical (unpaired) electrons. The van der Waals surface area contributed by atoms with Crippen LogP contribution in [0.1, 0.15) is 56.5 Å². The fourth-order valence-electron chi connectivity index (χ4n) is 4.22. The molecule has 24 heavy (non-hydrogen) atoms. The van der Waals surface area contributed by atoms with Crippen molar-refractivity contribution in [3.05, 3.63) is 17.7 Å². The number of nitrogens with zero attached hydrogens (tertiary/aromatic N) is 3. The van der Waals surface area contributed by atoms with E-state index >= 15 is 0 Å². The summed E-state index contributed by atoms with van der Waals surface area (Å²) in [4.78, 5) is 19.0. The molecule has 2 fully saturated rings. The van der Waals surface area contributed by atoms with Crippen molar-refractivity contribution in [1.29, 1.82) is 0 Å². The predicted molar refractivity (Wildman–Crippen MR) is 93.6 cm³/mol. The summed E-state index contributed by atoms with van der Waals surface area (Å²) in [6.45, 7) is 5.50.